The number of nitrogens with two attached hydrogens (primary N) is 1. The molecule has 1 aromatic rings. The number of halogens is 1. The number of nitrogens with zero attached hydrogens (tertiary/aromatic N) is 1. The molecular weight excluding hydrogens is 284 g/mol. The molecule has 0 spiro atoms. The highest BCUT2D eigenvalue weighted by molar-refractivity contribution is 7.99. The Morgan fingerprint density at radius 3 is 2.74 bits per heavy atom. The zero-order valence-electron chi connectivity index (χ0n) is 10.6. The van der Waals surface area contributed by atoms with Crippen LogP contribution in [0.15, 0.2) is 17.0 Å². The minimum atomic E-state index is -0.792. The molecule has 1 aromatic carbocycles. The Bertz CT molecular complexity index is 476. The topological polar surface area (TPSA) is 66.6 Å². The Morgan fingerprint density at radius 2 is 2.11 bits per heavy atom. The van der Waals surface area contributed by atoms with Crippen molar-refractivity contribution in [1.82, 2.24) is 0 Å². The lowest BCUT2D eigenvalue weighted by atomic mass is 10.2. The van der Waals surface area contributed by atoms with Crippen LogP contribution in [0.25, 0.3) is 0 Å². The summed E-state index contributed by atoms with van der Waals surface area (Å²) in [6.07, 6.45) is 2.50. The first-order valence-electron chi connectivity index (χ1n) is 6.26. The summed E-state index contributed by atoms with van der Waals surface area (Å²) in [6, 6.07) is 3.74. The van der Waals surface area contributed by atoms with Crippen molar-refractivity contribution in [2.45, 2.75) is 24.2 Å². The maximum atomic E-state index is 10.5. The van der Waals surface area contributed by atoms with Gasteiger partial charge in [-0.3, -0.25) is 4.79 Å². The highest BCUT2D eigenvalue weighted by Crippen LogP contribution is 2.37. The lowest BCUT2D eigenvalue weighted by Crippen LogP contribution is -2.18. The number of aliphatic carboxylic acids is 1. The molecule has 1 saturated heterocycles. The zero-order valence-corrected chi connectivity index (χ0v) is 12.1. The number of carboxylic acids is 1. The number of hydrogen-bond acceptors (Lipinski definition) is 4. The molecule has 1 heterocycles. The molecule has 1 fully saturated rings. The fraction of sp³-hybridized carbons (Fsp3) is 0.462. The molecule has 2 rings (SSSR count). The van der Waals surface area contributed by atoms with Gasteiger partial charge >= 0.3 is 5.97 Å². The number of carbonyl (C=O) groups is 1. The smallest absolute Gasteiger partial charge is 0.304 e. The monoisotopic (exact) mass is 300 g/mol. The van der Waals surface area contributed by atoms with E-state index < -0.39 is 5.97 Å². The molecule has 0 atom stereocenters. The summed E-state index contributed by atoms with van der Waals surface area (Å²) in [4.78, 5) is 13.7. The standard InChI is InChI=1S/C13H17ClN2O2S/c14-9-7-10(15)12(19-6-3-13(17)18)8-11(9)16-4-1-2-5-16/h7-8H,1-6,15H2,(H,17,18). The van der Waals surface area contributed by atoms with Gasteiger partial charge in [0.1, 0.15) is 0 Å². The van der Waals surface area contributed by atoms with Gasteiger partial charge in [0.2, 0.25) is 0 Å². The quantitative estimate of drug-likeness (QED) is 0.646. The van der Waals surface area contributed by atoms with E-state index >= 15 is 0 Å². The van der Waals surface area contributed by atoms with E-state index in [0.717, 1.165) is 23.7 Å². The largest absolute Gasteiger partial charge is 0.481 e. The Morgan fingerprint density at radius 1 is 1.42 bits per heavy atom. The third-order valence-electron chi connectivity index (χ3n) is 3.10. The summed E-state index contributed by atoms with van der Waals surface area (Å²) < 4.78 is 0. The van der Waals surface area contributed by atoms with Crippen LogP contribution in [0.1, 0.15) is 19.3 Å². The van der Waals surface area contributed by atoms with Gasteiger partial charge in [-0.2, -0.15) is 0 Å². The van der Waals surface area contributed by atoms with Gasteiger partial charge in [-0.1, -0.05) is 11.6 Å². The number of benzene rings is 1. The molecule has 0 amide bonds. The van der Waals surface area contributed by atoms with Crippen molar-refractivity contribution in [2.75, 3.05) is 29.5 Å². The van der Waals surface area contributed by atoms with Crippen LogP contribution < -0.4 is 10.6 Å². The van der Waals surface area contributed by atoms with E-state index in [1.54, 1.807) is 6.07 Å². The third kappa shape index (κ3) is 3.70. The van der Waals surface area contributed by atoms with E-state index in [0.29, 0.717) is 16.5 Å². The summed E-state index contributed by atoms with van der Waals surface area (Å²) in [5.74, 6) is -0.277. The summed E-state index contributed by atoms with van der Waals surface area (Å²) in [5.41, 5.74) is 7.55. The number of nitrogen functional groups attached to an aromatic ring is 1. The summed E-state index contributed by atoms with van der Waals surface area (Å²) in [7, 11) is 0. The van der Waals surface area contributed by atoms with Crippen LogP contribution in [0.4, 0.5) is 11.4 Å². The minimum Gasteiger partial charge on any atom is -0.481 e. The fourth-order valence-electron chi connectivity index (χ4n) is 2.13. The average molecular weight is 301 g/mol. The SMILES string of the molecule is Nc1cc(Cl)c(N2CCCC2)cc1SCCC(=O)O. The maximum Gasteiger partial charge on any atom is 0.304 e. The molecule has 1 aliphatic heterocycles. The van der Waals surface area contributed by atoms with E-state index in [9.17, 15) is 4.79 Å². The van der Waals surface area contributed by atoms with Crippen molar-refractivity contribution in [3.05, 3.63) is 17.2 Å². The Hall–Kier alpha value is -1.07. The van der Waals surface area contributed by atoms with Gasteiger partial charge in [0.15, 0.2) is 0 Å². The van der Waals surface area contributed by atoms with Gasteiger partial charge in [0.05, 0.1) is 17.1 Å². The number of anilines is 2. The van der Waals surface area contributed by atoms with E-state index in [1.807, 2.05) is 6.07 Å². The molecule has 0 radical (unpaired) electrons. The van der Waals surface area contributed by atoms with E-state index in [2.05, 4.69) is 4.90 Å². The lowest BCUT2D eigenvalue weighted by Gasteiger charge is -2.20. The Balaban J connectivity index is 2.13. The maximum absolute atomic E-state index is 10.5. The molecular formula is C13H17ClN2O2S. The predicted octanol–water partition coefficient (Wildman–Crippen LogP) is 3.09. The van der Waals surface area contributed by atoms with Gasteiger partial charge in [-0.15, -0.1) is 11.8 Å². The van der Waals surface area contributed by atoms with E-state index in [1.165, 1.54) is 24.6 Å². The van der Waals surface area contributed by atoms with Crippen LogP contribution >= 0.6 is 23.4 Å². The molecule has 0 aromatic heterocycles. The van der Waals surface area contributed by atoms with Crippen molar-refractivity contribution in [3.63, 3.8) is 0 Å². The fourth-order valence-corrected chi connectivity index (χ4v) is 3.34. The number of thioether (sulfide) groups is 1. The van der Waals surface area contributed by atoms with Crippen LogP contribution in [0.3, 0.4) is 0 Å². The summed E-state index contributed by atoms with van der Waals surface area (Å²) in [6.45, 7) is 2.03. The third-order valence-corrected chi connectivity index (χ3v) is 4.48. The number of carboxylic acid groups (broad SMARTS) is 1. The second-order valence-electron chi connectivity index (χ2n) is 4.53. The molecule has 19 heavy (non-hydrogen) atoms. The first kappa shape index (κ1) is 14.3. The van der Waals surface area contributed by atoms with Crippen LogP contribution in [0, 0.1) is 0 Å². The molecule has 1 aliphatic rings. The molecule has 0 aliphatic carbocycles. The van der Waals surface area contributed by atoms with Crippen molar-refractivity contribution in [1.29, 1.82) is 0 Å². The Labute approximate surface area is 121 Å². The zero-order chi connectivity index (χ0) is 13.8. The van der Waals surface area contributed by atoms with Gasteiger partial charge in [-0.05, 0) is 25.0 Å². The summed E-state index contributed by atoms with van der Waals surface area (Å²) >= 11 is 7.71. The Kier molecular flexibility index (Phi) is 4.82. The van der Waals surface area contributed by atoms with Crippen molar-refractivity contribution in [2.24, 2.45) is 0 Å². The second-order valence-corrected chi connectivity index (χ2v) is 6.07. The van der Waals surface area contributed by atoms with Crippen molar-refractivity contribution < 1.29 is 9.90 Å². The van der Waals surface area contributed by atoms with Crippen molar-refractivity contribution >= 4 is 40.7 Å². The van der Waals surface area contributed by atoms with Crippen LogP contribution in [0.2, 0.25) is 5.02 Å². The first-order chi connectivity index (χ1) is 9.08. The highest BCUT2D eigenvalue weighted by Gasteiger charge is 2.17. The highest BCUT2D eigenvalue weighted by atomic mass is 35.5. The number of rotatable bonds is 5. The molecule has 3 N–H and O–H groups in total. The van der Waals surface area contributed by atoms with Crippen LogP contribution in [-0.4, -0.2) is 29.9 Å². The van der Waals surface area contributed by atoms with Crippen LogP contribution in [0.5, 0.6) is 0 Å². The predicted molar refractivity (Wildman–Crippen MR) is 80.3 cm³/mol. The average Bonchev–Trinajstić information content (AvgIpc) is 2.85. The van der Waals surface area contributed by atoms with Crippen LogP contribution in [-0.2, 0) is 4.79 Å². The summed E-state index contributed by atoms with van der Waals surface area (Å²) in [5, 5.41) is 9.33. The number of hydrogen-bond donors (Lipinski definition) is 2. The van der Waals surface area contributed by atoms with Gasteiger partial charge in [0.25, 0.3) is 0 Å². The first-order valence-corrected chi connectivity index (χ1v) is 7.63. The molecule has 0 saturated carbocycles. The van der Waals surface area contributed by atoms with E-state index in [4.69, 9.17) is 22.4 Å². The molecule has 0 unspecified atom stereocenters. The molecule has 6 heteroatoms. The normalized spacial score (nSPS) is 14.9. The van der Waals surface area contributed by atoms with Gasteiger partial charge < -0.3 is 15.7 Å². The van der Waals surface area contributed by atoms with E-state index in [-0.39, 0.29) is 6.42 Å². The molecule has 0 bridgehead atoms. The second kappa shape index (κ2) is 6.39. The van der Waals surface area contributed by atoms with Gasteiger partial charge in [-0.25, -0.2) is 0 Å². The molecule has 104 valence electrons. The van der Waals surface area contributed by atoms with Gasteiger partial charge in [0, 0.05) is 29.4 Å². The molecule has 4 nitrogen and oxygen atoms in total. The van der Waals surface area contributed by atoms with Crippen molar-refractivity contribution in [3.8, 4) is 0 Å². The minimum absolute atomic E-state index is 0.131. The lowest BCUT2D eigenvalue weighted by molar-refractivity contribution is -0.136.